The van der Waals surface area contributed by atoms with E-state index in [9.17, 15) is 9.90 Å². The van der Waals surface area contributed by atoms with Crippen molar-refractivity contribution < 1.29 is 9.90 Å². The van der Waals surface area contributed by atoms with Crippen LogP contribution in [-0.2, 0) is 13.1 Å². The van der Waals surface area contributed by atoms with Crippen molar-refractivity contribution in [1.82, 2.24) is 10.2 Å². The van der Waals surface area contributed by atoms with Crippen molar-refractivity contribution in [2.45, 2.75) is 32.0 Å². The molecule has 1 aromatic rings. The minimum Gasteiger partial charge on any atom is -0.393 e. The number of rotatable bonds is 3. The van der Waals surface area contributed by atoms with Gasteiger partial charge in [-0.3, -0.25) is 4.79 Å². The third-order valence-corrected chi connectivity index (χ3v) is 4.17. The highest BCUT2D eigenvalue weighted by atomic mass is 16.3. The Morgan fingerprint density at radius 2 is 2.11 bits per heavy atom. The SMILES string of the molecule is CN(CC1CC(O)C1)C(=O)c1ccc2c(c1)CNC2. The first-order chi connectivity index (χ1) is 9.13. The molecule has 0 radical (unpaired) electrons. The van der Waals surface area contributed by atoms with Crippen LogP contribution in [0.4, 0.5) is 0 Å². The van der Waals surface area contributed by atoms with Gasteiger partial charge in [-0.1, -0.05) is 6.07 Å². The predicted molar refractivity (Wildman–Crippen MR) is 72.7 cm³/mol. The molecular formula is C15H20N2O2. The molecule has 19 heavy (non-hydrogen) atoms. The summed E-state index contributed by atoms with van der Waals surface area (Å²) in [6.45, 7) is 2.50. The van der Waals surface area contributed by atoms with Gasteiger partial charge in [0.05, 0.1) is 6.10 Å². The molecule has 0 bridgehead atoms. The maximum Gasteiger partial charge on any atom is 0.253 e. The summed E-state index contributed by atoms with van der Waals surface area (Å²) >= 11 is 0. The first-order valence-electron chi connectivity index (χ1n) is 6.89. The maximum atomic E-state index is 12.3. The lowest BCUT2D eigenvalue weighted by Crippen LogP contribution is -2.39. The average Bonchev–Trinajstić information content (AvgIpc) is 2.83. The Hall–Kier alpha value is -1.39. The molecule has 4 nitrogen and oxygen atoms in total. The lowest BCUT2D eigenvalue weighted by molar-refractivity contribution is 0.0265. The van der Waals surface area contributed by atoms with Crippen molar-refractivity contribution in [3.05, 3.63) is 34.9 Å². The number of carbonyl (C=O) groups excluding carboxylic acids is 1. The topological polar surface area (TPSA) is 52.6 Å². The van der Waals surface area contributed by atoms with Gasteiger partial charge in [-0.05, 0) is 42.0 Å². The molecule has 0 atom stereocenters. The van der Waals surface area contributed by atoms with Crippen molar-refractivity contribution >= 4 is 5.91 Å². The van der Waals surface area contributed by atoms with E-state index in [2.05, 4.69) is 5.32 Å². The van der Waals surface area contributed by atoms with Gasteiger partial charge in [-0.2, -0.15) is 0 Å². The first-order valence-corrected chi connectivity index (χ1v) is 6.89. The number of benzene rings is 1. The average molecular weight is 260 g/mol. The van der Waals surface area contributed by atoms with Gasteiger partial charge >= 0.3 is 0 Å². The lowest BCUT2D eigenvalue weighted by atomic mass is 9.82. The van der Waals surface area contributed by atoms with Crippen molar-refractivity contribution in [3.63, 3.8) is 0 Å². The number of aliphatic hydroxyl groups excluding tert-OH is 1. The fourth-order valence-corrected chi connectivity index (χ4v) is 2.97. The summed E-state index contributed by atoms with van der Waals surface area (Å²) in [4.78, 5) is 14.1. The Bertz CT molecular complexity index is 495. The zero-order chi connectivity index (χ0) is 13.4. The predicted octanol–water partition coefficient (Wildman–Crippen LogP) is 1.13. The molecular weight excluding hydrogens is 240 g/mol. The van der Waals surface area contributed by atoms with Crippen LogP contribution < -0.4 is 5.32 Å². The van der Waals surface area contributed by atoms with Gasteiger partial charge in [0.15, 0.2) is 0 Å². The van der Waals surface area contributed by atoms with Gasteiger partial charge in [0.1, 0.15) is 0 Å². The summed E-state index contributed by atoms with van der Waals surface area (Å²) in [6, 6.07) is 5.97. The highest BCUT2D eigenvalue weighted by molar-refractivity contribution is 5.94. The first kappa shape index (κ1) is 12.6. The molecule has 1 amide bonds. The normalized spacial score (nSPS) is 24.7. The van der Waals surface area contributed by atoms with E-state index >= 15 is 0 Å². The molecule has 1 fully saturated rings. The number of nitrogens with zero attached hydrogens (tertiary/aromatic N) is 1. The molecule has 3 rings (SSSR count). The quantitative estimate of drug-likeness (QED) is 0.856. The minimum absolute atomic E-state index is 0.0797. The number of hydrogen-bond acceptors (Lipinski definition) is 3. The summed E-state index contributed by atoms with van der Waals surface area (Å²) in [6.07, 6.45) is 1.50. The van der Waals surface area contributed by atoms with Crippen molar-refractivity contribution in [3.8, 4) is 0 Å². The second kappa shape index (κ2) is 4.94. The molecule has 4 heteroatoms. The largest absolute Gasteiger partial charge is 0.393 e. The van der Waals surface area contributed by atoms with E-state index < -0.39 is 0 Å². The van der Waals surface area contributed by atoms with Crippen LogP contribution in [0.5, 0.6) is 0 Å². The van der Waals surface area contributed by atoms with E-state index in [0.29, 0.717) is 5.92 Å². The van der Waals surface area contributed by atoms with E-state index in [1.54, 1.807) is 4.90 Å². The molecule has 1 heterocycles. The third-order valence-electron chi connectivity index (χ3n) is 4.17. The molecule has 2 aliphatic rings. The van der Waals surface area contributed by atoms with Crippen molar-refractivity contribution in [2.24, 2.45) is 5.92 Å². The standard InChI is InChI=1S/C15H20N2O2/c1-17(9-10-4-14(18)5-10)15(19)11-2-3-12-7-16-8-13(12)6-11/h2-3,6,10,14,16,18H,4-5,7-9H2,1H3. The van der Waals surface area contributed by atoms with E-state index in [1.165, 1.54) is 11.1 Å². The minimum atomic E-state index is -0.153. The molecule has 1 aliphatic carbocycles. The fraction of sp³-hybridized carbons (Fsp3) is 0.533. The summed E-state index contributed by atoms with van der Waals surface area (Å²) in [5.41, 5.74) is 3.30. The fourth-order valence-electron chi connectivity index (χ4n) is 2.97. The third kappa shape index (κ3) is 2.51. The number of hydrogen-bond donors (Lipinski definition) is 2. The number of fused-ring (bicyclic) bond motifs is 1. The smallest absolute Gasteiger partial charge is 0.253 e. The summed E-state index contributed by atoms with van der Waals surface area (Å²) in [7, 11) is 1.85. The molecule has 1 aromatic carbocycles. The van der Waals surface area contributed by atoms with Gasteiger partial charge < -0.3 is 15.3 Å². The van der Waals surface area contributed by atoms with E-state index in [-0.39, 0.29) is 12.0 Å². The highest BCUT2D eigenvalue weighted by Gasteiger charge is 2.29. The van der Waals surface area contributed by atoms with Crippen LogP contribution in [0.2, 0.25) is 0 Å². The van der Waals surface area contributed by atoms with Crippen LogP contribution in [0.3, 0.4) is 0 Å². The zero-order valence-electron chi connectivity index (χ0n) is 11.2. The van der Waals surface area contributed by atoms with Crippen LogP contribution in [0.15, 0.2) is 18.2 Å². The van der Waals surface area contributed by atoms with Crippen LogP contribution >= 0.6 is 0 Å². The van der Waals surface area contributed by atoms with E-state index in [1.807, 2.05) is 25.2 Å². The van der Waals surface area contributed by atoms with Gasteiger partial charge in [0.2, 0.25) is 0 Å². The number of amides is 1. The molecule has 102 valence electrons. The molecule has 0 spiro atoms. The second-order valence-electron chi connectivity index (χ2n) is 5.76. The monoisotopic (exact) mass is 260 g/mol. The Balaban J connectivity index is 1.66. The van der Waals surface area contributed by atoms with Gasteiger partial charge in [-0.15, -0.1) is 0 Å². The number of aliphatic hydroxyl groups is 1. The van der Waals surface area contributed by atoms with E-state index in [4.69, 9.17) is 0 Å². The molecule has 0 unspecified atom stereocenters. The van der Waals surface area contributed by atoms with Crippen LogP contribution in [-0.4, -0.2) is 35.6 Å². The van der Waals surface area contributed by atoms with Gasteiger partial charge in [-0.25, -0.2) is 0 Å². The Morgan fingerprint density at radius 3 is 2.84 bits per heavy atom. The van der Waals surface area contributed by atoms with Crippen LogP contribution in [0.1, 0.15) is 34.3 Å². The second-order valence-corrected chi connectivity index (χ2v) is 5.76. The Labute approximate surface area is 113 Å². The zero-order valence-corrected chi connectivity index (χ0v) is 11.2. The van der Waals surface area contributed by atoms with Crippen molar-refractivity contribution in [2.75, 3.05) is 13.6 Å². The van der Waals surface area contributed by atoms with E-state index in [0.717, 1.165) is 38.0 Å². The Kier molecular flexibility index (Phi) is 3.29. The lowest BCUT2D eigenvalue weighted by Gasteiger charge is -2.34. The number of carbonyl (C=O) groups is 1. The molecule has 1 saturated carbocycles. The van der Waals surface area contributed by atoms with Crippen molar-refractivity contribution in [1.29, 1.82) is 0 Å². The Morgan fingerprint density at radius 1 is 1.37 bits per heavy atom. The molecule has 2 N–H and O–H groups in total. The maximum absolute atomic E-state index is 12.3. The van der Waals surface area contributed by atoms with Crippen LogP contribution in [0, 0.1) is 5.92 Å². The van der Waals surface area contributed by atoms with Crippen LogP contribution in [0.25, 0.3) is 0 Å². The molecule has 0 aromatic heterocycles. The molecule has 1 aliphatic heterocycles. The van der Waals surface area contributed by atoms with Gasteiger partial charge in [0, 0.05) is 32.2 Å². The highest BCUT2D eigenvalue weighted by Crippen LogP contribution is 2.28. The summed E-state index contributed by atoms with van der Waals surface area (Å²) in [5.74, 6) is 0.538. The summed E-state index contributed by atoms with van der Waals surface area (Å²) in [5, 5.41) is 12.6. The molecule has 0 saturated heterocycles. The van der Waals surface area contributed by atoms with Gasteiger partial charge in [0.25, 0.3) is 5.91 Å². The number of nitrogens with one attached hydrogen (secondary N) is 1. The summed E-state index contributed by atoms with van der Waals surface area (Å²) < 4.78 is 0.